The summed E-state index contributed by atoms with van der Waals surface area (Å²) in [6.07, 6.45) is 7.19. The van der Waals surface area contributed by atoms with Crippen molar-refractivity contribution in [3.63, 3.8) is 0 Å². The van der Waals surface area contributed by atoms with Gasteiger partial charge >= 0.3 is 0 Å². The van der Waals surface area contributed by atoms with Gasteiger partial charge in [0.25, 0.3) is 0 Å². The van der Waals surface area contributed by atoms with Crippen molar-refractivity contribution in [3.8, 4) is 0 Å². The van der Waals surface area contributed by atoms with Crippen molar-refractivity contribution in [1.29, 1.82) is 0 Å². The van der Waals surface area contributed by atoms with Crippen molar-refractivity contribution < 1.29 is 4.79 Å². The Kier molecular flexibility index (Phi) is 3.34. The zero-order valence-corrected chi connectivity index (χ0v) is 9.13. The van der Waals surface area contributed by atoms with E-state index in [1.807, 2.05) is 0 Å². The quantitative estimate of drug-likeness (QED) is 0.323. The summed E-state index contributed by atoms with van der Waals surface area (Å²) in [4.78, 5) is 10.7. The summed E-state index contributed by atoms with van der Waals surface area (Å²) < 4.78 is 0.634. The van der Waals surface area contributed by atoms with Gasteiger partial charge in [0.15, 0.2) is 0 Å². The van der Waals surface area contributed by atoms with Crippen molar-refractivity contribution in [2.24, 2.45) is 5.41 Å². The fourth-order valence-corrected chi connectivity index (χ4v) is 2.70. The molecule has 1 aliphatic rings. The van der Waals surface area contributed by atoms with Gasteiger partial charge in [0.1, 0.15) is 6.29 Å². The van der Waals surface area contributed by atoms with Crippen LogP contribution in [0.1, 0.15) is 39.0 Å². The molecule has 2 atom stereocenters. The van der Waals surface area contributed by atoms with Crippen LogP contribution in [0, 0.1) is 5.41 Å². The molecule has 0 radical (unpaired) electrons. The summed E-state index contributed by atoms with van der Waals surface area (Å²) in [7, 11) is 0. The molecule has 0 spiro atoms. The number of alkyl halides is 1. The summed E-state index contributed by atoms with van der Waals surface area (Å²) in [6.45, 7) is 2.20. The minimum absolute atomic E-state index is 0.107. The maximum atomic E-state index is 10.7. The number of hydrogen-bond acceptors (Lipinski definition) is 1. The zero-order chi connectivity index (χ0) is 8.32. The molecule has 0 bridgehead atoms. The zero-order valence-electron chi connectivity index (χ0n) is 6.98. The predicted octanol–water partition coefficient (Wildman–Crippen LogP) is 2.96. The fraction of sp³-hybridized carbons (Fsp3) is 0.889. The van der Waals surface area contributed by atoms with E-state index in [0.29, 0.717) is 3.92 Å². The van der Waals surface area contributed by atoms with Gasteiger partial charge in [-0.25, -0.2) is 0 Å². The van der Waals surface area contributed by atoms with Gasteiger partial charge < -0.3 is 4.79 Å². The molecule has 0 aromatic heterocycles. The first kappa shape index (κ1) is 9.49. The van der Waals surface area contributed by atoms with Crippen LogP contribution in [0.2, 0.25) is 0 Å². The van der Waals surface area contributed by atoms with Crippen LogP contribution in [0.15, 0.2) is 0 Å². The molecule has 0 aliphatic heterocycles. The van der Waals surface area contributed by atoms with Gasteiger partial charge in [-0.1, -0.05) is 48.8 Å². The number of unbranched alkanes of at least 4 members (excludes halogenated alkanes) is 2. The van der Waals surface area contributed by atoms with Gasteiger partial charge in [-0.05, 0) is 12.8 Å². The first-order valence-electron chi connectivity index (χ1n) is 4.35. The van der Waals surface area contributed by atoms with Crippen LogP contribution in [0.25, 0.3) is 0 Å². The fourth-order valence-electron chi connectivity index (χ4n) is 1.42. The average molecular weight is 266 g/mol. The summed E-state index contributed by atoms with van der Waals surface area (Å²) in [5.41, 5.74) is 0.107. The van der Waals surface area contributed by atoms with Crippen molar-refractivity contribution in [2.75, 3.05) is 0 Å². The monoisotopic (exact) mass is 266 g/mol. The molecule has 1 fully saturated rings. The second kappa shape index (κ2) is 3.87. The highest BCUT2D eigenvalue weighted by atomic mass is 127. The number of halogens is 1. The van der Waals surface area contributed by atoms with Gasteiger partial charge in [-0.2, -0.15) is 0 Å². The molecular formula is C9H15IO. The number of aldehydes is 1. The van der Waals surface area contributed by atoms with Gasteiger partial charge in [0.05, 0.1) is 0 Å². The molecule has 2 heteroatoms. The van der Waals surface area contributed by atoms with Crippen molar-refractivity contribution >= 4 is 28.9 Å². The Labute approximate surface area is 82.1 Å². The molecule has 0 unspecified atom stereocenters. The lowest BCUT2D eigenvalue weighted by Gasteiger charge is -2.05. The molecule has 1 aliphatic carbocycles. The molecule has 0 aromatic rings. The summed E-state index contributed by atoms with van der Waals surface area (Å²) in [5, 5.41) is 0. The van der Waals surface area contributed by atoms with E-state index in [-0.39, 0.29) is 5.41 Å². The van der Waals surface area contributed by atoms with E-state index in [1.165, 1.54) is 25.5 Å². The summed E-state index contributed by atoms with van der Waals surface area (Å²) in [5.74, 6) is 0. The number of carbonyl (C=O) groups is 1. The van der Waals surface area contributed by atoms with Gasteiger partial charge in [0.2, 0.25) is 0 Å². The molecule has 0 saturated heterocycles. The molecule has 0 aromatic carbocycles. The van der Waals surface area contributed by atoms with Crippen LogP contribution in [-0.2, 0) is 4.79 Å². The molecule has 1 nitrogen and oxygen atoms in total. The molecule has 1 saturated carbocycles. The largest absolute Gasteiger partial charge is 0.303 e. The van der Waals surface area contributed by atoms with Crippen molar-refractivity contribution in [2.45, 2.75) is 43.0 Å². The van der Waals surface area contributed by atoms with Crippen LogP contribution in [-0.4, -0.2) is 10.2 Å². The van der Waals surface area contributed by atoms with Gasteiger partial charge in [-0.3, -0.25) is 0 Å². The third-order valence-electron chi connectivity index (χ3n) is 2.50. The van der Waals surface area contributed by atoms with E-state index in [0.717, 1.165) is 12.8 Å². The minimum atomic E-state index is 0.107. The third kappa shape index (κ3) is 2.17. The Balaban J connectivity index is 2.19. The maximum absolute atomic E-state index is 10.7. The molecule has 11 heavy (non-hydrogen) atoms. The van der Waals surface area contributed by atoms with Gasteiger partial charge in [-0.15, -0.1) is 0 Å². The van der Waals surface area contributed by atoms with E-state index in [4.69, 9.17) is 0 Å². The standard InChI is InChI=1S/C9H15IO/c1-2-3-4-5-9(7-11)6-8(9)10/h7-8H,2-6H2,1H3/t8-,9-/m0/s1. The number of rotatable bonds is 5. The first-order chi connectivity index (χ1) is 5.25. The molecule has 64 valence electrons. The van der Waals surface area contributed by atoms with Crippen molar-refractivity contribution in [1.82, 2.24) is 0 Å². The lowest BCUT2D eigenvalue weighted by molar-refractivity contribution is -0.112. The minimum Gasteiger partial charge on any atom is -0.303 e. The smallest absolute Gasteiger partial charge is 0.127 e. The van der Waals surface area contributed by atoms with Crippen LogP contribution in [0.3, 0.4) is 0 Å². The van der Waals surface area contributed by atoms with Crippen LogP contribution < -0.4 is 0 Å². The Hall–Kier alpha value is 0.400. The van der Waals surface area contributed by atoms with E-state index in [9.17, 15) is 4.79 Å². The number of carbonyl (C=O) groups excluding carboxylic acids is 1. The van der Waals surface area contributed by atoms with Gasteiger partial charge in [0, 0.05) is 9.34 Å². The van der Waals surface area contributed by atoms with Crippen molar-refractivity contribution in [3.05, 3.63) is 0 Å². The second-order valence-electron chi connectivity index (χ2n) is 3.48. The highest BCUT2D eigenvalue weighted by molar-refractivity contribution is 14.1. The molecular weight excluding hydrogens is 251 g/mol. The Bertz CT molecular complexity index is 146. The maximum Gasteiger partial charge on any atom is 0.127 e. The van der Waals surface area contributed by atoms with E-state index in [2.05, 4.69) is 29.5 Å². The van der Waals surface area contributed by atoms with E-state index in [1.54, 1.807) is 0 Å². The van der Waals surface area contributed by atoms with Crippen LogP contribution in [0.5, 0.6) is 0 Å². The molecule has 0 amide bonds. The Morgan fingerprint density at radius 2 is 2.27 bits per heavy atom. The highest BCUT2D eigenvalue weighted by Crippen LogP contribution is 2.53. The van der Waals surface area contributed by atoms with E-state index < -0.39 is 0 Å². The average Bonchev–Trinajstić information content (AvgIpc) is 2.64. The normalized spacial score (nSPS) is 35.3. The van der Waals surface area contributed by atoms with E-state index >= 15 is 0 Å². The third-order valence-corrected chi connectivity index (χ3v) is 4.18. The van der Waals surface area contributed by atoms with Crippen LogP contribution in [0.4, 0.5) is 0 Å². The molecule has 1 rings (SSSR count). The lowest BCUT2D eigenvalue weighted by Crippen LogP contribution is -2.05. The number of hydrogen-bond donors (Lipinski definition) is 0. The SMILES string of the molecule is CCCCC[C@@]1(C=O)C[C@@H]1I. The summed E-state index contributed by atoms with van der Waals surface area (Å²) in [6, 6.07) is 0. The second-order valence-corrected chi connectivity index (χ2v) is 4.98. The Morgan fingerprint density at radius 1 is 1.64 bits per heavy atom. The Morgan fingerprint density at radius 3 is 2.64 bits per heavy atom. The predicted molar refractivity (Wildman–Crippen MR) is 55.1 cm³/mol. The first-order valence-corrected chi connectivity index (χ1v) is 5.60. The molecule has 0 heterocycles. The lowest BCUT2D eigenvalue weighted by atomic mass is 10.0. The molecule has 0 N–H and O–H groups in total. The summed E-state index contributed by atoms with van der Waals surface area (Å²) >= 11 is 2.39. The van der Waals surface area contributed by atoms with Crippen LogP contribution >= 0.6 is 22.6 Å². The highest BCUT2D eigenvalue weighted by Gasteiger charge is 2.51. The topological polar surface area (TPSA) is 17.1 Å².